The van der Waals surface area contributed by atoms with Crippen molar-refractivity contribution < 1.29 is 14.3 Å². The van der Waals surface area contributed by atoms with E-state index in [9.17, 15) is 14.4 Å². The Morgan fingerprint density at radius 2 is 2.20 bits per heavy atom. The molecular weight excluding hydrogens is 523 g/mol. The van der Waals surface area contributed by atoms with Gasteiger partial charge in [-0.2, -0.15) is 0 Å². The van der Waals surface area contributed by atoms with Gasteiger partial charge in [0.15, 0.2) is 5.16 Å². The molecule has 0 aromatic carbocycles. The van der Waals surface area contributed by atoms with E-state index in [0.717, 1.165) is 40.1 Å². The number of aromatic nitrogens is 2. The molecule has 0 saturated heterocycles. The van der Waals surface area contributed by atoms with Crippen LogP contribution in [0, 0.1) is 0 Å². The zero-order valence-corrected chi connectivity index (χ0v) is 22.1. The summed E-state index contributed by atoms with van der Waals surface area (Å²) in [7, 11) is 1.32. The Morgan fingerprint density at radius 1 is 1.34 bits per heavy atom. The molecule has 35 heavy (non-hydrogen) atoms. The van der Waals surface area contributed by atoms with Crippen molar-refractivity contribution in [3.63, 3.8) is 0 Å². The van der Waals surface area contributed by atoms with Gasteiger partial charge in [-0.25, -0.2) is 9.78 Å². The van der Waals surface area contributed by atoms with Gasteiger partial charge in [-0.15, -0.1) is 40.6 Å². The predicted molar refractivity (Wildman–Crippen MR) is 144 cm³/mol. The van der Waals surface area contributed by atoms with Crippen molar-refractivity contribution in [3.05, 3.63) is 61.9 Å². The van der Waals surface area contributed by atoms with Gasteiger partial charge in [0, 0.05) is 27.2 Å². The lowest BCUT2D eigenvalue weighted by Crippen LogP contribution is -2.24. The summed E-state index contributed by atoms with van der Waals surface area (Å²) in [6.45, 7) is 4.09. The van der Waals surface area contributed by atoms with Crippen LogP contribution in [-0.4, -0.2) is 34.3 Å². The van der Waals surface area contributed by atoms with E-state index in [2.05, 4.69) is 11.9 Å². The number of nitrogens with one attached hydrogen (secondary N) is 1. The van der Waals surface area contributed by atoms with E-state index in [-0.39, 0.29) is 17.2 Å². The number of esters is 1. The minimum atomic E-state index is -0.504. The number of hydrogen-bond acceptors (Lipinski definition) is 9. The first-order valence-electron chi connectivity index (χ1n) is 10.8. The summed E-state index contributed by atoms with van der Waals surface area (Å²) >= 11 is 5.56. The van der Waals surface area contributed by atoms with E-state index < -0.39 is 5.97 Å². The van der Waals surface area contributed by atoms with Crippen LogP contribution in [0.3, 0.4) is 0 Å². The molecule has 4 aromatic rings. The molecule has 0 fully saturated rings. The zero-order valence-electron chi connectivity index (χ0n) is 18.8. The molecule has 0 spiro atoms. The maximum absolute atomic E-state index is 13.3. The van der Waals surface area contributed by atoms with E-state index in [0.29, 0.717) is 27.7 Å². The minimum Gasteiger partial charge on any atom is -0.465 e. The Morgan fingerprint density at radius 3 is 2.94 bits per heavy atom. The summed E-state index contributed by atoms with van der Waals surface area (Å²) < 4.78 is 6.55. The molecule has 5 rings (SSSR count). The molecule has 7 nitrogen and oxygen atoms in total. The van der Waals surface area contributed by atoms with E-state index in [4.69, 9.17) is 9.72 Å². The van der Waals surface area contributed by atoms with Crippen molar-refractivity contribution in [1.82, 2.24) is 9.55 Å². The number of allylic oxidation sites excluding steroid dienone is 1. The van der Waals surface area contributed by atoms with E-state index in [1.807, 2.05) is 22.9 Å². The van der Waals surface area contributed by atoms with Gasteiger partial charge in [0.1, 0.15) is 15.4 Å². The molecule has 0 radical (unpaired) electrons. The number of hydrogen-bond donors (Lipinski definition) is 1. The number of methoxy groups -OCH3 is 1. The number of anilines is 1. The standard InChI is InChI=1S/C24H21N3O4S4/c1-3-9-27-22(29)18-13-6-4-7-16(13)35-21(18)26-24(27)34-12-17(28)25-20-19(23(30)31-2)14(11-33-20)15-8-5-10-32-15/h3,5,8,10-11H,1,4,6-7,9,12H2,2H3,(H,25,28). The third-order valence-corrected chi connectivity index (χ3v) is 9.61. The average Bonchev–Trinajstić information content (AvgIpc) is 3.63. The molecule has 1 aliphatic carbocycles. The highest BCUT2D eigenvalue weighted by Gasteiger charge is 2.25. The third-order valence-electron chi connectivity index (χ3n) is 5.65. The summed E-state index contributed by atoms with van der Waals surface area (Å²) in [6, 6.07) is 3.82. The van der Waals surface area contributed by atoms with E-state index >= 15 is 0 Å². The number of thiophene rings is 3. The zero-order chi connectivity index (χ0) is 24.5. The largest absolute Gasteiger partial charge is 0.465 e. The normalized spacial score (nSPS) is 12.6. The molecule has 1 N–H and O–H groups in total. The number of aryl methyl sites for hydroxylation is 2. The van der Waals surface area contributed by atoms with Gasteiger partial charge in [-0.3, -0.25) is 14.2 Å². The maximum Gasteiger partial charge on any atom is 0.341 e. The van der Waals surface area contributed by atoms with Crippen molar-refractivity contribution >= 4 is 72.9 Å². The summed E-state index contributed by atoms with van der Waals surface area (Å²) in [4.78, 5) is 46.3. The van der Waals surface area contributed by atoms with Gasteiger partial charge in [0.25, 0.3) is 5.56 Å². The Bertz CT molecular complexity index is 1500. The van der Waals surface area contributed by atoms with Crippen molar-refractivity contribution in [2.75, 3.05) is 18.2 Å². The Hall–Kier alpha value is -2.73. The number of rotatable bonds is 8. The van der Waals surface area contributed by atoms with Crippen LogP contribution in [-0.2, 0) is 28.9 Å². The SMILES string of the molecule is C=CCn1c(SCC(=O)Nc2scc(-c3cccs3)c2C(=O)OC)nc2sc3c(c2c1=O)CCC3. The van der Waals surface area contributed by atoms with Crippen LogP contribution in [0.2, 0.25) is 0 Å². The highest BCUT2D eigenvalue weighted by molar-refractivity contribution is 7.99. The molecule has 11 heteroatoms. The van der Waals surface area contributed by atoms with Crippen LogP contribution < -0.4 is 10.9 Å². The second-order valence-electron chi connectivity index (χ2n) is 7.80. The van der Waals surface area contributed by atoms with Gasteiger partial charge < -0.3 is 10.1 Å². The van der Waals surface area contributed by atoms with Crippen LogP contribution in [0.15, 0.2) is 45.5 Å². The smallest absolute Gasteiger partial charge is 0.341 e. The number of thioether (sulfide) groups is 1. The van der Waals surface area contributed by atoms with Crippen LogP contribution in [0.4, 0.5) is 5.00 Å². The maximum atomic E-state index is 13.3. The lowest BCUT2D eigenvalue weighted by atomic mass is 10.1. The van der Waals surface area contributed by atoms with Crippen molar-refractivity contribution in [2.24, 2.45) is 0 Å². The van der Waals surface area contributed by atoms with Crippen LogP contribution in [0.25, 0.3) is 20.7 Å². The van der Waals surface area contributed by atoms with E-state index in [1.165, 1.54) is 46.4 Å². The highest BCUT2D eigenvalue weighted by atomic mass is 32.2. The monoisotopic (exact) mass is 543 g/mol. The van der Waals surface area contributed by atoms with Gasteiger partial charge in [0.05, 0.1) is 18.2 Å². The number of fused-ring (bicyclic) bond motifs is 3. The lowest BCUT2D eigenvalue weighted by Gasteiger charge is -2.11. The summed E-state index contributed by atoms with van der Waals surface area (Å²) in [5.41, 5.74) is 2.13. The molecule has 0 aliphatic heterocycles. The quantitative estimate of drug-likeness (QED) is 0.138. The Kier molecular flexibility index (Phi) is 6.92. The van der Waals surface area contributed by atoms with E-state index in [1.54, 1.807) is 22.0 Å². The molecule has 4 heterocycles. The molecule has 1 aliphatic rings. The number of carbonyl (C=O) groups is 2. The average molecular weight is 544 g/mol. The second kappa shape index (κ2) is 10.1. The van der Waals surface area contributed by atoms with Gasteiger partial charge in [0.2, 0.25) is 5.91 Å². The number of ether oxygens (including phenoxy) is 1. The van der Waals surface area contributed by atoms with Crippen molar-refractivity contribution in [1.29, 1.82) is 0 Å². The summed E-state index contributed by atoms with van der Waals surface area (Å²) in [5.74, 6) is -0.768. The van der Waals surface area contributed by atoms with Gasteiger partial charge in [-0.05, 0) is 36.3 Å². The first kappa shape index (κ1) is 24.0. The highest BCUT2D eigenvalue weighted by Crippen LogP contribution is 2.39. The molecule has 0 saturated carbocycles. The van der Waals surface area contributed by atoms with Crippen molar-refractivity contribution in [3.8, 4) is 10.4 Å². The topological polar surface area (TPSA) is 90.3 Å². The Labute approximate surface area is 217 Å². The first-order chi connectivity index (χ1) is 17.0. The summed E-state index contributed by atoms with van der Waals surface area (Å²) in [5, 5.41) is 8.24. The van der Waals surface area contributed by atoms with Gasteiger partial charge in [-0.1, -0.05) is 23.9 Å². The molecule has 0 atom stereocenters. The molecule has 4 aromatic heterocycles. The fraction of sp³-hybridized carbons (Fsp3) is 0.250. The third kappa shape index (κ3) is 4.49. The van der Waals surface area contributed by atoms with Crippen LogP contribution in [0.5, 0.6) is 0 Å². The minimum absolute atomic E-state index is 0.0347. The molecule has 1 amide bonds. The Balaban J connectivity index is 1.39. The fourth-order valence-corrected chi connectivity index (χ4v) is 8.02. The lowest BCUT2D eigenvalue weighted by molar-refractivity contribution is -0.113. The molecule has 0 bridgehead atoms. The first-order valence-corrected chi connectivity index (χ1v) is 14.4. The van der Waals surface area contributed by atoms with Crippen molar-refractivity contribution in [2.45, 2.75) is 31.0 Å². The molecule has 180 valence electrons. The number of nitrogens with zero attached hydrogens (tertiary/aromatic N) is 2. The second-order valence-corrected chi connectivity index (χ2v) is 11.6. The number of carbonyl (C=O) groups excluding carboxylic acids is 2. The number of amides is 1. The van der Waals surface area contributed by atoms with Gasteiger partial charge >= 0.3 is 5.97 Å². The molecule has 0 unspecified atom stereocenters. The van der Waals surface area contributed by atoms with Crippen LogP contribution in [0.1, 0.15) is 27.2 Å². The summed E-state index contributed by atoms with van der Waals surface area (Å²) in [6.07, 6.45) is 4.62. The fourth-order valence-electron chi connectivity index (χ4n) is 4.12. The van der Waals surface area contributed by atoms with Crippen LogP contribution >= 0.6 is 45.8 Å². The molecular formula is C24H21N3O4S4. The predicted octanol–water partition coefficient (Wildman–Crippen LogP) is 5.44.